The normalized spacial score (nSPS) is 11.9. The van der Waals surface area contributed by atoms with E-state index in [-0.39, 0.29) is 51.4 Å². The van der Waals surface area contributed by atoms with Gasteiger partial charge in [0.05, 0.1) is 12.0 Å². The van der Waals surface area contributed by atoms with Crippen LogP contribution in [0, 0.1) is 0 Å². The Morgan fingerprint density at radius 2 is 2.18 bits per heavy atom. The van der Waals surface area contributed by atoms with Crippen molar-refractivity contribution in [3.05, 3.63) is 12.7 Å². The van der Waals surface area contributed by atoms with Crippen LogP contribution in [0.1, 0.15) is 6.42 Å². The monoisotopic (exact) mass is 181 g/mol. The van der Waals surface area contributed by atoms with Gasteiger partial charge in [-0.15, -0.1) is 6.58 Å². The minimum absolute atomic E-state index is 0. The second kappa shape index (κ2) is 7.46. The number of carbonyl (C=O) groups is 1. The molecule has 0 heterocycles. The first-order chi connectivity index (χ1) is 4.59. The largest absolute Gasteiger partial charge is 1.00 e. The second-order valence-electron chi connectivity index (χ2n) is 2.32. The third-order valence-electron chi connectivity index (χ3n) is 1.29. The van der Waals surface area contributed by atoms with E-state index in [2.05, 4.69) is 6.58 Å². The Bertz CT molecular complexity index is 136. The second-order valence-corrected chi connectivity index (χ2v) is 2.32. The summed E-state index contributed by atoms with van der Waals surface area (Å²) in [7, 11) is 3.40. The van der Waals surface area contributed by atoms with Crippen molar-refractivity contribution in [3.63, 3.8) is 0 Å². The summed E-state index contributed by atoms with van der Waals surface area (Å²) in [4.78, 5) is 11.9. The molecule has 0 fully saturated rings. The Balaban J connectivity index is 0. The van der Waals surface area contributed by atoms with Gasteiger partial charge in [0.15, 0.2) is 0 Å². The van der Waals surface area contributed by atoms with Crippen LogP contribution >= 0.6 is 0 Å². The Hall–Kier alpha value is 0.806. The summed E-state index contributed by atoms with van der Waals surface area (Å²) in [6, 6.07) is -0.544. The number of rotatable bonds is 4. The fourth-order valence-electron chi connectivity index (χ4n) is 0.676. The van der Waals surface area contributed by atoms with Crippen molar-refractivity contribution in [1.29, 1.82) is 0 Å². The van der Waals surface area contributed by atoms with Crippen molar-refractivity contribution < 1.29 is 61.3 Å². The van der Waals surface area contributed by atoms with Gasteiger partial charge >= 0.3 is 51.4 Å². The number of aliphatic carboxylic acids is 1. The predicted octanol–water partition coefficient (Wildman–Crippen LogP) is -3.75. The quantitative estimate of drug-likeness (QED) is 0.330. The maximum Gasteiger partial charge on any atom is 1.00 e. The van der Waals surface area contributed by atoms with Gasteiger partial charge in [-0.3, -0.25) is 0 Å². The molecule has 4 heteroatoms. The smallest absolute Gasteiger partial charge is 0.548 e. The van der Waals surface area contributed by atoms with E-state index in [9.17, 15) is 9.90 Å². The van der Waals surface area contributed by atoms with E-state index >= 15 is 0 Å². The summed E-state index contributed by atoms with van der Waals surface area (Å²) >= 11 is 0. The molecule has 0 amide bonds. The molecule has 1 atom stereocenters. The van der Waals surface area contributed by atoms with Crippen molar-refractivity contribution >= 4 is 5.97 Å². The van der Waals surface area contributed by atoms with Crippen LogP contribution in [-0.2, 0) is 4.79 Å². The number of nitrogens with zero attached hydrogens (tertiary/aromatic N) is 1. The number of carboxylic acid groups (broad SMARTS) is 1. The molecule has 1 unspecified atom stereocenters. The zero-order valence-electron chi connectivity index (χ0n) is 7.33. The molecule has 0 aromatic rings. The van der Waals surface area contributed by atoms with Crippen molar-refractivity contribution in [3.8, 4) is 0 Å². The Kier molecular flexibility index (Phi) is 9.72. The number of carboxylic acids is 1. The van der Waals surface area contributed by atoms with Gasteiger partial charge in [0, 0.05) is 0 Å². The molecule has 0 aliphatic rings. The molecule has 0 radical (unpaired) electrons. The van der Waals surface area contributed by atoms with Crippen LogP contribution in [0.15, 0.2) is 12.7 Å². The van der Waals surface area contributed by atoms with Gasteiger partial charge in [-0.05, 0) is 20.5 Å². The van der Waals surface area contributed by atoms with Crippen molar-refractivity contribution in [2.24, 2.45) is 0 Å². The molecule has 0 spiro atoms. The third kappa shape index (κ3) is 6.01. The van der Waals surface area contributed by atoms with E-state index in [1.165, 1.54) is 0 Å². The average molecular weight is 181 g/mol. The summed E-state index contributed by atoms with van der Waals surface area (Å²) in [5.74, 6) is -1.05. The SMILES string of the molecule is C=CCC(C(=O)[O-])N(C)C.[K+]. The molecular weight excluding hydrogens is 169 g/mol. The number of likely N-dealkylation sites (N-methyl/N-ethyl adjacent to an activating group) is 1. The fourth-order valence-corrected chi connectivity index (χ4v) is 0.676. The standard InChI is InChI=1S/C7H13NO2.K/c1-4-5-6(7(9)10)8(2)3;/h4,6H,1,5H2,2-3H3,(H,9,10);/q;+1/p-1. The molecule has 0 aromatic carbocycles. The third-order valence-corrected chi connectivity index (χ3v) is 1.29. The van der Waals surface area contributed by atoms with Crippen LogP contribution in [0.4, 0.5) is 0 Å². The van der Waals surface area contributed by atoms with Crippen LogP contribution in [0.25, 0.3) is 0 Å². The molecule has 0 aromatic heterocycles. The van der Waals surface area contributed by atoms with E-state index < -0.39 is 12.0 Å². The van der Waals surface area contributed by atoms with E-state index in [1.807, 2.05) is 0 Å². The maximum atomic E-state index is 10.3. The molecule has 0 rings (SSSR count). The van der Waals surface area contributed by atoms with Crippen molar-refractivity contribution in [1.82, 2.24) is 4.90 Å². The van der Waals surface area contributed by atoms with Gasteiger partial charge in [0.1, 0.15) is 0 Å². The summed E-state index contributed by atoms with van der Waals surface area (Å²) in [6.07, 6.45) is 2.00. The zero-order valence-corrected chi connectivity index (χ0v) is 10.5. The van der Waals surface area contributed by atoms with Gasteiger partial charge < -0.3 is 14.8 Å². The molecule has 0 saturated heterocycles. The summed E-state index contributed by atoms with van der Waals surface area (Å²) in [6.45, 7) is 3.45. The van der Waals surface area contributed by atoms with Crippen LogP contribution in [-0.4, -0.2) is 31.0 Å². The minimum Gasteiger partial charge on any atom is -0.548 e. The van der Waals surface area contributed by atoms with Crippen molar-refractivity contribution in [2.75, 3.05) is 14.1 Å². The topological polar surface area (TPSA) is 43.4 Å². The Labute approximate surface area is 110 Å². The van der Waals surface area contributed by atoms with Crippen LogP contribution in [0.3, 0.4) is 0 Å². The summed E-state index contributed by atoms with van der Waals surface area (Å²) in [5, 5.41) is 10.3. The number of hydrogen-bond donors (Lipinski definition) is 0. The molecular formula is C7H12KNO2. The maximum absolute atomic E-state index is 10.3. The zero-order chi connectivity index (χ0) is 8.15. The van der Waals surface area contributed by atoms with E-state index in [0.29, 0.717) is 6.42 Å². The number of carbonyl (C=O) groups excluding carboxylic acids is 1. The Morgan fingerprint density at radius 1 is 1.73 bits per heavy atom. The van der Waals surface area contributed by atoms with Gasteiger partial charge in [0.2, 0.25) is 0 Å². The molecule has 0 saturated carbocycles. The van der Waals surface area contributed by atoms with Crippen LogP contribution in [0.5, 0.6) is 0 Å². The van der Waals surface area contributed by atoms with Gasteiger partial charge in [-0.1, -0.05) is 6.08 Å². The molecule has 11 heavy (non-hydrogen) atoms. The van der Waals surface area contributed by atoms with Gasteiger partial charge in [-0.25, -0.2) is 0 Å². The predicted molar refractivity (Wildman–Crippen MR) is 37.3 cm³/mol. The van der Waals surface area contributed by atoms with Crippen LogP contribution < -0.4 is 56.5 Å². The van der Waals surface area contributed by atoms with E-state index in [4.69, 9.17) is 0 Å². The average Bonchev–Trinajstić information content (AvgIpc) is 1.81. The molecule has 0 aliphatic heterocycles. The summed E-state index contributed by atoms with van der Waals surface area (Å²) in [5.41, 5.74) is 0. The fraction of sp³-hybridized carbons (Fsp3) is 0.571. The first kappa shape index (κ1) is 14.3. The van der Waals surface area contributed by atoms with Crippen molar-refractivity contribution in [2.45, 2.75) is 12.5 Å². The van der Waals surface area contributed by atoms with Gasteiger partial charge in [0.25, 0.3) is 0 Å². The van der Waals surface area contributed by atoms with E-state index in [1.54, 1.807) is 25.1 Å². The minimum atomic E-state index is -1.05. The first-order valence-electron chi connectivity index (χ1n) is 3.07. The first-order valence-corrected chi connectivity index (χ1v) is 3.07. The van der Waals surface area contributed by atoms with E-state index in [0.717, 1.165) is 0 Å². The summed E-state index contributed by atoms with van der Waals surface area (Å²) < 4.78 is 0. The molecule has 0 bridgehead atoms. The molecule has 3 nitrogen and oxygen atoms in total. The molecule has 58 valence electrons. The molecule has 0 N–H and O–H groups in total. The number of hydrogen-bond acceptors (Lipinski definition) is 3. The van der Waals surface area contributed by atoms with Gasteiger partial charge in [-0.2, -0.15) is 0 Å². The Morgan fingerprint density at radius 3 is 2.27 bits per heavy atom. The molecule has 0 aliphatic carbocycles. The van der Waals surface area contributed by atoms with Crippen LogP contribution in [0.2, 0.25) is 0 Å².